The van der Waals surface area contributed by atoms with Gasteiger partial charge in [0.15, 0.2) is 0 Å². The number of likely N-dealkylation sites (tertiary alicyclic amines) is 1. The van der Waals surface area contributed by atoms with Gasteiger partial charge in [0.05, 0.1) is 5.56 Å². The molecule has 2 aliphatic heterocycles. The molecule has 4 nitrogen and oxygen atoms in total. The molecule has 1 aromatic carbocycles. The highest BCUT2D eigenvalue weighted by Gasteiger charge is 2.35. The Morgan fingerprint density at radius 2 is 2.19 bits per heavy atom. The average Bonchev–Trinajstić information content (AvgIpc) is 2.46. The lowest BCUT2D eigenvalue weighted by atomic mass is 9.85. The molecule has 0 bridgehead atoms. The molecule has 0 spiro atoms. The molecule has 2 saturated heterocycles. The van der Waals surface area contributed by atoms with Gasteiger partial charge in [-0.25, -0.2) is 4.39 Å². The van der Waals surface area contributed by atoms with Crippen molar-refractivity contribution in [2.45, 2.75) is 25.3 Å². The van der Waals surface area contributed by atoms with Gasteiger partial charge in [-0.3, -0.25) is 9.59 Å². The largest absolute Gasteiger partial charge is 0.353 e. The van der Waals surface area contributed by atoms with Crippen LogP contribution in [-0.4, -0.2) is 35.8 Å². The van der Waals surface area contributed by atoms with Gasteiger partial charge in [0.2, 0.25) is 5.91 Å². The second kappa shape index (κ2) is 5.75. The molecule has 0 saturated carbocycles. The van der Waals surface area contributed by atoms with Gasteiger partial charge in [-0.2, -0.15) is 0 Å². The number of piperidine rings is 2. The van der Waals surface area contributed by atoms with E-state index in [4.69, 9.17) is 0 Å². The number of hydrogen-bond acceptors (Lipinski definition) is 2. The Kier molecular flexibility index (Phi) is 3.97. The Hall–Kier alpha value is -1.43. The molecular formula is C15H16BrFN2O2. The van der Waals surface area contributed by atoms with Crippen molar-refractivity contribution in [3.05, 3.63) is 34.1 Å². The van der Waals surface area contributed by atoms with Crippen LogP contribution in [0.25, 0.3) is 0 Å². The van der Waals surface area contributed by atoms with Crippen molar-refractivity contribution < 1.29 is 14.0 Å². The highest BCUT2D eigenvalue weighted by Crippen LogP contribution is 2.27. The maximum Gasteiger partial charge on any atom is 0.255 e. The molecule has 0 aliphatic carbocycles. The van der Waals surface area contributed by atoms with Crippen LogP contribution in [0.3, 0.4) is 0 Å². The van der Waals surface area contributed by atoms with Gasteiger partial charge >= 0.3 is 0 Å². The fraction of sp³-hybridized carbons (Fsp3) is 0.467. The zero-order valence-corrected chi connectivity index (χ0v) is 13.0. The average molecular weight is 355 g/mol. The van der Waals surface area contributed by atoms with Gasteiger partial charge in [0.25, 0.3) is 5.91 Å². The van der Waals surface area contributed by atoms with E-state index in [0.29, 0.717) is 35.5 Å². The number of nitrogens with one attached hydrogen (secondary N) is 1. The van der Waals surface area contributed by atoms with Crippen LogP contribution in [-0.2, 0) is 4.79 Å². The summed E-state index contributed by atoms with van der Waals surface area (Å²) in [7, 11) is 0. The van der Waals surface area contributed by atoms with Crippen LogP contribution in [0, 0.1) is 11.7 Å². The lowest BCUT2D eigenvalue weighted by molar-refractivity contribution is -0.125. The Morgan fingerprint density at radius 3 is 2.95 bits per heavy atom. The highest BCUT2D eigenvalue weighted by molar-refractivity contribution is 9.10. The van der Waals surface area contributed by atoms with E-state index in [1.807, 2.05) is 0 Å². The fourth-order valence-electron chi connectivity index (χ4n) is 3.13. The van der Waals surface area contributed by atoms with Crippen LogP contribution in [0.4, 0.5) is 4.39 Å². The topological polar surface area (TPSA) is 49.4 Å². The maximum atomic E-state index is 13.1. The lowest BCUT2D eigenvalue weighted by Gasteiger charge is -2.41. The number of carbonyl (C=O) groups excluding carboxylic acids is 2. The summed E-state index contributed by atoms with van der Waals surface area (Å²) in [5.41, 5.74) is 0.481. The number of carbonyl (C=O) groups is 2. The quantitative estimate of drug-likeness (QED) is 0.841. The van der Waals surface area contributed by atoms with E-state index >= 15 is 0 Å². The van der Waals surface area contributed by atoms with E-state index in [1.165, 1.54) is 18.2 Å². The van der Waals surface area contributed by atoms with Crippen molar-refractivity contribution in [1.29, 1.82) is 0 Å². The summed E-state index contributed by atoms with van der Waals surface area (Å²) in [6.07, 6.45) is 2.13. The summed E-state index contributed by atoms with van der Waals surface area (Å²) >= 11 is 3.25. The Labute approximate surface area is 130 Å². The maximum absolute atomic E-state index is 13.1. The van der Waals surface area contributed by atoms with Gasteiger partial charge in [-0.15, -0.1) is 0 Å². The summed E-state index contributed by atoms with van der Waals surface area (Å²) in [4.78, 5) is 25.8. The van der Waals surface area contributed by atoms with E-state index in [9.17, 15) is 14.0 Å². The first-order valence-electron chi connectivity index (χ1n) is 7.08. The molecule has 0 radical (unpaired) electrons. The summed E-state index contributed by atoms with van der Waals surface area (Å²) in [6, 6.07) is 4.30. The minimum absolute atomic E-state index is 0.0859. The van der Waals surface area contributed by atoms with Crippen LogP contribution in [0.2, 0.25) is 0 Å². The zero-order valence-electron chi connectivity index (χ0n) is 11.4. The summed E-state index contributed by atoms with van der Waals surface area (Å²) < 4.78 is 13.6. The predicted octanol–water partition coefficient (Wildman–Crippen LogP) is 2.33. The number of halogens is 2. The third-order valence-corrected chi connectivity index (χ3v) is 4.93. The molecule has 6 heteroatoms. The molecule has 2 amide bonds. The molecule has 2 unspecified atom stereocenters. The smallest absolute Gasteiger partial charge is 0.255 e. The number of amides is 2. The van der Waals surface area contributed by atoms with E-state index in [2.05, 4.69) is 21.2 Å². The van der Waals surface area contributed by atoms with Gasteiger partial charge < -0.3 is 10.2 Å². The van der Waals surface area contributed by atoms with Crippen molar-refractivity contribution >= 4 is 27.7 Å². The van der Waals surface area contributed by atoms with Crippen molar-refractivity contribution in [3.8, 4) is 0 Å². The SMILES string of the molecule is O=C1CCC2CN(C(=O)c3ccc(F)cc3Br)CCC2N1. The first kappa shape index (κ1) is 14.5. The predicted molar refractivity (Wildman–Crippen MR) is 79.3 cm³/mol. The Balaban J connectivity index is 1.73. The minimum atomic E-state index is -0.368. The van der Waals surface area contributed by atoms with E-state index in [0.717, 1.165) is 12.8 Å². The van der Waals surface area contributed by atoms with E-state index in [-0.39, 0.29) is 23.7 Å². The molecular weight excluding hydrogens is 339 g/mol. The monoisotopic (exact) mass is 354 g/mol. The summed E-state index contributed by atoms with van der Waals surface area (Å²) in [6.45, 7) is 1.26. The molecule has 2 atom stereocenters. The summed E-state index contributed by atoms with van der Waals surface area (Å²) in [5, 5.41) is 3.00. The highest BCUT2D eigenvalue weighted by atomic mass is 79.9. The molecule has 2 heterocycles. The number of hydrogen-bond donors (Lipinski definition) is 1. The third kappa shape index (κ3) is 2.95. The van der Waals surface area contributed by atoms with Crippen molar-refractivity contribution in [1.82, 2.24) is 10.2 Å². The zero-order chi connectivity index (χ0) is 15.0. The number of nitrogens with zero attached hydrogens (tertiary/aromatic N) is 1. The standard InChI is InChI=1S/C15H16BrFN2O2/c16-12-7-10(17)2-3-11(12)15(21)19-6-5-13-9(8-19)1-4-14(20)18-13/h2-3,7,9,13H,1,4-6,8H2,(H,18,20). The van der Waals surface area contributed by atoms with Crippen molar-refractivity contribution in [2.24, 2.45) is 5.92 Å². The minimum Gasteiger partial charge on any atom is -0.353 e. The van der Waals surface area contributed by atoms with E-state index < -0.39 is 0 Å². The number of rotatable bonds is 1. The summed E-state index contributed by atoms with van der Waals surface area (Å²) in [5.74, 6) is -0.0266. The van der Waals surface area contributed by atoms with Gasteiger partial charge in [-0.05, 0) is 52.9 Å². The Morgan fingerprint density at radius 1 is 1.38 bits per heavy atom. The first-order valence-corrected chi connectivity index (χ1v) is 7.87. The molecule has 1 N–H and O–H groups in total. The van der Waals surface area contributed by atoms with Crippen LogP contribution in [0.5, 0.6) is 0 Å². The van der Waals surface area contributed by atoms with Crippen LogP contribution in [0.15, 0.2) is 22.7 Å². The number of fused-ring (bicyclic) bond motifs is 1. The van der Waals surface area contributed by atoms with Gasteiger partial charge in [0, 0.05) is 30.0 Å². The molecule has 3 rings (SSSR count). The molecule has 21 heavy (non-hydrogen) atoms. The normalized spacial score (nSPS) is 25.2. The van der Waals surface area contributed by atoms with Gasteiger partial charge in [0.1, 0.15) is 5.82 Å². The molecule has 112 valence electrons. The third-order valence-electron chi connectivity index (χ3n) is 4.27. The lowest BCUT2D eigenvalue weighted by Crippen LogP contribution is -2.55. The molecule has 0 aromatic heterocycles. The van der Waals surface area contributed by atoms with Crippen molar-refractivity contribution in [2.75, 3.05) is 13.1 Å². The van der Waals surface area contributed by atoms with Crippen molar-refractivity contribution in [3.63, 3.8) is 0 Å². The molecule has 2 fully saturated rings. The van der Waals surface area contributed by atoms with Crippen LogP contribution in [0.1, 0.15) is 29.6 Å². The fourth-order valence-corrected chi connectivity index (χ4v) is 3.65. The van der Waals surface area contributed by atoms with Crippen LogP contribution >= 0.6 is 15.9 Å². The molecule has 1 aromatic rings. The number of benzene rings is 1. The first-order chi connectivity index (χ1) is 10.0. The molecule has 2 aliphatic rings. The van der Waals surface area contributed by atoms with E-state index in [1.54, 1.807) is 4.90 Å². The second-order valence-corrected chi connectivity index (χ2v) is 6.49. The van der Waals surface area contributed by atoms with Gasteiger partial charge in [-0.1, -0.05) is 0 Å². The second-order valence-electron chi connectivity index (χ2n) is 5.64. The van der Waals surface area contributed by atoms with Crippen LogP contribution < -0.4 is 5.32 Å². The Bertz CT molecular complexity index is 593.